The predicted octanol–water partition coefficient (Wildman–Crippen LogP) is 0.911. The van der Waals surface area contributed by atoms with E-state index in [-0.39, 0.29) is 12.6 Å². The van der Waals surface area contributed by atoms with Gasteiger partial charge in [0.15, 0.2) is 0 Å². The average Bonchev–Trinajstić information content (AvgIpc) is 2.18. The highest BCUT2D eigenvalue weighted by atomic mass is 16.5. The third kappa shape index (κ3) is 2.47. The maximum Gasteiger partial charge on any atom is 0.255 e. The van der Waals surface area contributed by atoms with E-state index in [0.29, 0.717) is 11.3 Å². The lowest BCUT2D eigenvalue weighted by Crippen LogP contribution is -2.26. The Morgan fingerprint density at radius 2 is 2.29 bits per heavy atom. The molecule has 4 nitrogen and oxygen atoms in total. The van der Waals surface area contributed by atoms with Crippen molar-refractivity contribution < 1.29 is 9.53 Å². The molecule has 0 aliphatic rings. The zero-order valence-corrected chi connectivity index (χ0v) is 8.33. The van der Waals surface area contributed by atoms with Gasteiger partial charge in [-0.1, -0.05) is 11.6 Å². The zero-order chi connectivity index (χ0) is 10.6. The summed E-state index contributed by atoms with van der Waals surface area (Å²) in [4.78, 5) is 11.5. The van der Waals surface area contributed by atoms with Crippen LogP contribution < -0.4 is 11.1 Å². The molecule has 76 valence electrons. The first-order valence-corrected chi connectivity index (χ1v) is 4.28. The van der Waals surface area contributed by atoms with E-state index in [2.05, 4.69) is 5.32 Å². The van der Waals surface area contributed by atoms with Gasteiger partial charge in [-0.2, -0.15) is 0 Å². The lowest BCUT2D eigenvalue weighted by molar-refractivity contribution is 0.0873. The number of carbonyl (C=O) groups is 1. The molecule has 0 bridgehead atoms. The number of carbonyl (C=O) groups excluding carboxylic acids is 1. The molecule has 0 heterocycles. The van der Waals surface area contributed by atoms with Gasteiger partial charge in [0.1, 0.15) is 6.73 Å². The molecule has 3 N–H and O–H groups in total. The van der Waals surface area contributed by atoms with E-state index in [1.165, 1.54) is 7.11 Å². The first-order valence-electron chi connectivity index (χ1n) is 4.28. The van der Waals surface area contributed by atoms with Crippen LogP contribution in [0, 0.1) is 6.92 Å². The molecule has 1 aromatic carbocycles. The SMILES string of the molecule is COCNC(=O)c1cc(C)ccc1N. The Bertz CT molecular complexity index is 337. The Hall–Kier alpha value is -1.55. The monoisotopic (exact) mass is 194 g/mol. The highest BCUT2D eigenvalue weighted by Gasteiger charge is 2.08. The summed E-state index contributed by atoms with van der Waals surface area (Å²) in [6.45, 7) is 2.10. The molecule has 0 atom stereocenters. The Morgan fingerprint density at radius 1 is 1.57 bits per heavy atom. The minimum Gasteiger partial charge on any atom is -0.398 e. The van der Waals surface area contributed by atoms with Crippen LogP contribution in [0.2, 0.25) is 0 Å². The smallest absolute Gasteiger partial charge is 0.255 e. The quantitative estimate of drug-likeness (QED) is 0.555. The fourth-order valence-electron chi connectivity index (χ4n) is 1.10. The van der Waals surface area contributed by atoms with Crippen molar-refractivity contribution in [2.75, 3.05) is 19.6 Å². The van der Waals surface area contributed by atoms with Gasteiger partial charge >= 0.3 is 0 Å². The topological polar surface area (TPSA) is 64.3 Å². The first-order chi connectivity index (χ1) is 6.65. The molecule has 1 aromatic rings. The lowest BCUT2D eigenvalue weighted by atomic mass is 10.1. The Balaban J connectivity index is 2.83. The standard InChI is InChI=1S/C10H14N2O2/c1-7-3-4-9(11)8(5-7)10(13)12-6-14-2/h3-5H,6,11H2,1-2H3,(H,12,13). The molecular formula is C10H14N2O2. The minimum atomic E-state index is -0.215. The molecule has 0 spiro atoms. The second-order valence-electron chi connectivity index (χ2n) is 3.03. The van der Waals surface area contributed by atoms with E-state index in [1.54, 1.807) is 12.1 Å². The fourth-order valence-corrected chi connectivity index (χ4v) is 1.10. The van der Waals surface area contributed by atoms with Crippen LogP contribution in [0.5, 0.6) is 0 Å². The van der Waals surface area contributed by atoms with Gasteiger partial charge in [0.2, 0.25) is 0 Å². The van der Waals surface area contributed by atoms with E-state index in [0.717, 1.165) is 5.56 Å². The normalized spacial score (nSPS) is 9.86. The maximum atomic E-state index is 11.5. The molecule has 0 aromatic heterocycles. The average molecular weight is 194 g/mol. The van der Waals surface area contributed by atoms with Crippen molar-refractivity contribution in [3.8, 4) is 0 Å². The Morgan fingerprint density at radius 3 is 2.93 bits per heavy atom. The number of anilines is 1. The molecule has 0 aliphatic heterocycles. The van der Waals surface area contributed by atoms with Crippen molar-refractivity contribution >= 4 is 11.6 Å². The van der Waals surface area contributed by atoms with Crippen LogP contribution in [0.4, 0.5) is 5.69 Å². The highest BCUT2D eigenvalue weighted by Crippen LogP contribution is 2.13. The molecule has 0 aliphatic carbocycles. The van der Waals surface area contributed by atoms with Gasteiger partial charge < -0.3 is 15.8 Å². The van der Waals surface area contributed by atoms with Crippen molar-refractivity contribution in [3.05, 3.63) is 29.3 Å². The van der Waals surface area contributed by atoms with Crippen LogP contribution in [0.3, 0.4) is 0 Å². The van der Waals surface area contributed by atoms with Crippen molar-refractivity contribution in [1.82, 2.24) is 5.32 Å². The second kappa shape index (κ2) is 4.62. The van der Waals surface area contributed by atoms with Crippen molar-refractivity contribution in [2.45, 2.75) is 6.92 Å². The molecule has 1 rings (SSSR count). The van der Waals surface area contributed by atoms with Gasteiger partial charge in [-0.15, -0.1) is 0 Å². The van der Waals surface area contributed by atoms with E-state index in [1.807, 2.05) is 13.0 Å². The second-order valence-corrected chi connectivity index (χ2v) is 3.03. The molecule has 1 amide bonds. The molecule has 4 heteroatoms. The molecule has 0 saturated heterocycles. The van der Waals surface area contributed by atoms with Crippen molar-refractivity contribution in [3.63, 3.8) is 0 Å². The van der Waals surface area contributed by atoms with Crippen LogP contribution in [-0.2, 0) is 4.74 Å². The van der Waals surface area contributed by atoms with Crippen molar-refractivity contribution in [2.24, 2.45) is 0 Å². The van der Waals surface area contributed by atoms with Gasteiger partial charge in [0.05, 0.1) is 5.56 Å². The van der Waals surface area contributed by atoms with Crippen molar-refractivity contribution in [1.29, 1.82) is 0 Å². The van der Waals surface area contributed by atoms with E-state index in [4.69, 9.17) is 10.5 Å². The number of rotatable bonds is 3. The van der Waals surface area contributed by atoms with E-state index < -0.39 is 0 Å². The van der Waals surface area contributed by atoms with Crippen LogP contribution in [0.1, 0.15) is 15.9 Å². The van der Waals surface area contributed by atoms with Crippen LogP contribution in [-0.4, -0.2) is 19.7 Å². The Labute approximate surface area is 83.1 Å². The summed E-state index contributed by atoms with van der Waals surface area (Å²) < 4.78 is 4.73. The summed E-state index contributed by atoms with van der Waals surface area (Å²) in [7, 11) is 1.51. The fraction of sp³-hybridized carbons (Fsp3) is 0.300. The van der Waals surface area contributed by atoms with Gasteiger partial charge in [0, 0.05) is 12.8 Å². The predicted molar refractivity (Wildman–Crippen MR) is 54.9 cm³/mol. The number of aryl methyl sites for hydroxylation is 1. The molecule has 0 unspecified atom stereocenters. The molecule has 0 saturated carbocycles. The first kappa shape index (κ1) is 10.5. The van der Waals surface area contributed by atoms with Gasteiger partial charge in [-0.25, -0.2) is 0 Å². The number of nitrogen functional groups attached to an aromatic ring is 1. The summed E-state index contributed by atoms with van der Waals surface area (Å²) in [6, 6.07) is 5.33. The summed E-state index contributed by atoms with van der Waals surface area (Å²) in [5.41, 5.74) is 7.63. The summed E-state index contributed by atoms with van der Waals surface area (Å²) in [5.74, 6) is -0.215. The Kier molecular flexibility index (Phi) is 3.48. The van der Waals surface area contributed by atoms with Crippen LogP contribution >= 0.6 is 0 Å². The van der Waals surface area contributed by atoms with Gasteiger partial charge in [0.25, 0.3) is 5.91 Å². The summed E-state index contributed by atoms with van der Waals surface area (Å²) in [6.07, 6.45) is 0. The van der Waals surface area contributed by atoms with Gasteiger partial charge in [-0.05, 0) is 19.1 Å². The molecule has 0 radical (unpaired) electrons. The number of hydrogen-bond acceptors (Lipinski definition) is 3. The largest absolute Gasteiger partial charge is 0.398 e. The minimum absolute atomic E-state index is 0.187. The number of nitrogens with two attached hydrogens (primary N) is 1. The third-order valence-electron chi connectivity index (χ3n) is 1.83. The molecular weight excluding hydrogens is 180 g/mol. The summed E-state index contributed by atoms with van der Waals surface area (Å²) >= 11 is 0. The molecule has 14 heavy (non-hydrogen) atoms. The summed E-state index contributed by atoms with van der Waals surface area (Å²) in [5, 5.41) is 2.58. The highest BCUT2D eigenvalue weighted by molar-refractivity contribution is 5.99. The number of nitrogens with one attached hydrogen (secondary N) is 1. The van der Waals surface area contributed by atoms with Crippen LogP contribution in [0.25, 0.3) is 0 Å². The van der Waals surface area contributed by atoms with E-state index in [9.17, 15) is 4.79 Å². The number of hydrogen-bond donors (Lipinski definition) is 2. The number of methoxy groups -OCH3 is 1. The molecule has 0 fully saturated rings. The number of ether oxygens (including phenoxy) is 1. The number of benzene rings is 1. The number of amides is 1. The van der Waals surface area contributed by atoms with Crippen LogP contribution in [0.15, 0.2) is 18.2 Å². The zero-order valence-electron chi connectivity index (χ0n) is 8.33. The third-order valence-corrected chi connectivity index (χ3v) is 1.83. The van der Waals surface area contributed by atoms with E-state index >= 15 is 0 Å². The lowest BCUT2D eigenvalue weighted by Gasteiger charge is -2.07. The van der Waals surface area contributed by atoms with Gasteiger partial charge in [-0.3, -0.25) is 4.79 Å². The maximum absolute atomic E-state index is 11.5.